The van der Waals surface area contributed by atoms with E-state index in [1.54, 1.807) is 7.11 Å². The maximum atomic E-state index is 10.8. The summed E-state index contributed by atoms with van der Waals surface area (Å²) in [7, 11) is 1.60. The van der Waals surface area contributed by atoms with E-state index in [4.69, 9.17) is 9.47 Å². The molecule has 2 aromatic carbocycles. The number of hydrogen-bond donors (Lipinski definition) is 1. The number of aliphatic hydroxyl groups is 1. The minimum Gasteiger partial charge on any atom is -0.496 e. The molecule has 0 radical (unpaired) electrons. The Hall–Kier alpha value is -1.52. The van der Waals surface area contributed by atoms with Gasteiger partial charge in [-0.25, -0.2) is 0 Å². The maximum Gasteiger partial charge on any atom is 0.125 e. The summed E-state index contributed by atoms with van der Waals surface area (Å²) in [4.78, 5) is 0. The molecule has 1 N–H and O–H groups in total. The fourth-order valence-corrected chi connectivity index (χ4v) is 2.63. The van der Waals surface area contributed by atoms with Crippen LogP contribution in [-0.4, -0.2) is 18.8 Å². The van der Waals surface area contributed by atoms with E-state index in [1.807, 2.05) is 50.2 Å². The summed E-state index contributed by atoms with van der Waals surface area (Å²) in [5, 5.41) is 10.8. The third kappa shape index (κ3) is 3.57. The normalized spacial score (nSPS) is 12.0. The Kier molecular flexibility index (Phi) is 5.26. The summed E-state index contributed by atoms with van der Waals surface area (Å²) in [6, 6.07) is 11.4. The molecule has 0 fully saturated rings. The number of ether oxygens (including phenoxy) is 2. The number of hydrogen-bond acceptors (Lipinski definition) is 3. The predicted molar refractivity (Wildman–Crippen MR) is 87.1 cm³/mol. The molecule has 4 heteroatoms. The summed E-state index contributed by atoms with van der Waals surface area (Å²) in [5.74, 6) is 1.34. The molecule has 2 rings (SSSR count). The zero-order valence-electron chi connectivity index (χ0n) is 12.4. The molecule has 0 aromatic heterocycles. The summed E-state index contributed by atoms with van der Waals surface area (Å²) in [5.41, 5.74) is 2.52. The fourth-order valence-electron chi connectivity index (χ4n) is 2.25. The molecule has 0 aliphatic rings. The van der Waals surface area contributed by atoms with Gasteiger partial charge in [-0.3, -0.25) is 0 Å². The second-order valence-electron chi connectivity index (χ2n) is 4.76. The number of aryl methyl sites for hydroxylation is 1. The van der Waals surface area contributed by atoms with Crippen molar-refractivity contribution < 1.29 is 14.6 Å². The Balaban J connectivity index is 2.51. The first-order valence-corrected chi connectivity index (χ1v) is 7.61. The minimum absolute atomic E-state index is 0.548. The van der Waals surface area contributed by atoms with Crippen LogP contribution in [0.15, 0.2) is 40.9 Å². The van der Waals surface area contributed by atoms with Gasteiger partial charge in [-0.15, -0.1) is 0 Å². The van der Waals surface area contributed by atoms with Crippen LogP contribution in [0.1, 0.15) is 29.7 Å². The van der Waals surface area contributed by atoms with Crippen molar-refractivity contribution in [1.82, 2.24) is 0 Å². The van der Waals surface area contributed by atoms with E-state index in [1.165, 1.54) is 0 Å². The molecule has 0 aliphatic heterocycles. The Morgan fingerprint density at radius 2 is 1.76 bits per heavy atom. The zero-order chi connectivity index (χ0) is 15.4. The van der Waals surface area contributed by atoms with Crippen LogP contribution in [0.3, 0.4) is 0 Å². The van der Waals surface area contributed by atoms with Gasteiger partial charge in [0, 0.05) is 15.6 Å². The lowest BCUT2D eigenvalue weighted by Gasteiger charge is -2.19. The number of rotatable bonds is 5. The first-order chi connectivity index (χ1) is 10.1. The highest BCUT2D eigenvalue weighted by Gasteiger charge is 2.20. The molecule has 0 amide bonds. The van der Waals surface area contributed by atoms with E-state index in [-0.39, 0.29) is 0 Å². The largest absolute Gasteiger partial charge is 0.496 e. The summed E-state index contributed by atoms with van der Waals surface area (Å²) in [6.07, 6.45) is -0.807. The van der Waals surface area contributed by atoms with Gasteiger partial charge in [-0.05, 0) is 44.2 Å². The van der Waals surface area contributed by atoms with Gasteiger partial charge in [0.1, 0.15) is 17.6 Å². The number of halogens is 1. The molecule has 3 nitrogen and oxygen atoms in total. The van der Waals surface area contributed by atoms with Crippen molar-refractivity contribution in [3.8, 4) is 11.5 Å². The van der Waals surface area contributed by atoms with E-state index >= 15 is 0 Å². The molecule has 21 heavy (non-hydrogen) atoms. The number of methoxy groups -OCH3 is 1. The number of aliphatic hydroxyl groups excluding tert-OH is 1. The van der Waals surface area contributed by atoms with E-state index in [9.17, 15) is 5.11 Å². The molecule has 0 bridgehead atoms. The van der Waals surface area contributed by atoms with E-state index < -0.39 is 6.10 Å². The summed E-state index contributed by atoms with van der Waals surface area (Å²) < 4.78 is 11.9. The van der Waals surface area contributed by atoms with Crippen molar-refractivity contribution in [1.29, 1.82) is 0 Å². The zero-order valence-corrected chi connectivity index (χ0v) is 14.0. The highest BCUT2D eigenvalue weighted by molar-refractivity contribution is 9.10. The van der Waals surface area contributed by atoms with Crippen molar-refractivity contribution in [3.63, 3.8) is 0 Å². The molecular formula is C17H19BrO3. The minimum atomic E-state index is -0.807. The second kappa shape index (κ2) is 6.96. The summed E-state index contributed by atoms with van der Waals surface area (Å²) >= 11 is 3.44. The molecule has 0 saturated heterocycles. The Morgan fingerprint density at radius 3 is 2.43 bits per heavy atom. The van der Waals surface area contributed by atoms with Gasteiger partial charge in [-0.2, -0.15) is 0 Å². The SMILES string of the molecule is CCOc1ccc(Br)cc1C(O)c1cc(C)ccc1OC. The Bertz CT molecular complexity index is 625. The average molecular weight is 351 g/mol. The summed E-state index contributed by atoms with van der Waals surface area (Å²) in [6.45, 7) is 4.46. The lowest BCUT2D eigenvalue weighted by molar-refractivity contribution is 0.207. The topological polar surface area (TPSA) is 38.7 Å². The van der Waals surface area contributed by atoms with Gasteiger partial charge in [0.15, 0.2) is 0 Å². The van der Waals surface area contributed by atoms with Gasteiger partial charge in [0.25, 0.3) is 0 Å². The maximum absolute atomic E-state index is 10.8. The monoisotopic (exact) mass is 350 g/mol. The van der Waals surface area contributed by atoms with Crippen molar-refractivity contribution in [3.05, 3.63) is 57.6 Å². The number of benzene rings is 2. The van der Waals surface area contributed by atoms with E-state index in [0.29, 0.717) is 18.1 Å². The van der Waals surface area contributed by atoms with Gasteiger partial charge in [0.2, 0.25) is 0 Å². The first-order valence-electron chi connectivity index (χ1n) is 6.81. The second-order valence-corrected chi connectivity index (χ2v) is 5.68. The van der Waals surface area contributed by atoms with Crippen LogP contribution in [0.2, 0.25) is 0 Å². The van der Waals surface area contributed by atoms with Gasteiger partial charge in [-0.1, -0.05) is 27.6 Å². The average Bonchev–Trinajstić information content (AvgIpc) is 2.48. The molecule has 2 aromatic rings. The highest BCUT2D eigenvalue weighted by Crippen LogP contribution is 2.36. The van der Waals surface area contributed by atoms with Gasteiger partial charge < -0.3 is 14.6 Å². The van der Waals surface area contributed by atoms with Crippen molar-refractivity contribution in [2.45, 2.75) is 20.0 Å². The molecule has 0 aliphatic carbocycles. The van der Waals surface area contributed by atoms with Gasteiger partial charge in [0.05, 0.1) is 13.7 Å². The standard InChI is InChI=1S/C17H19BrO3/c1-4-21-16-8-6-12(18)10-14(16)17(19)13-9-11(2)5-7-15(13)20-3/h5-10,17,19H,4H2,1-3H3. The van der Waals surface area contributed by atoms with Crippen LogP contribution >= 0.6 is 15.9 Å². The lowest BCUT2D eigenvalue weighted by atomic mass is 9.98. The molecule has 112 valence electrons. The van der Waals surface area contributed by atoms with Crippen LogP contribution in [0.25, 0.3) is 0 Å². The molecular weight excluding hydrogens is 332 g/mol. The highest BCUT2D eigenvalue weighted by atomic mass is 79.9. The lowest BCUT2D eigenvalue weighted by Crippen LogP contribution is -2.06. The third-order valence-corrected chi connectivity index (χ3v) is 3.74. The van der Waals surface area contributed by atoms with E-state index in [2.05, 4.69) is 15.9 Å². The first kappa shape index (κ1) is 15.9. The van der Waals surface area contributed by atoms with Crippen molar-refractivity contribution >= 4 is 15.9 Å². The Morgan fingerprint density at radius 1 is 1.10 bits per heavy atom. The third-order valence-electron chi connectivity index (χ3n) is 3.25. The molecule has 0 saturated carbocycles. The smallest absolute Gasteiger partial charge is 0.125 e. The quantitative estimate of drug-likeness (QED) is 0.875. The van der Waals surface area contributed by atoms with Gasteiger partial charge >= 0.3 is 0 Å². The van der Waals surface area contributed by atoms with Crippen LogP contribution in [0.4, 0.5) is 0 Å². The van der Waals surface area contributed by atoms with Crippen LogP contribution in [0, 0.1) is 6.92 Å². The fraction of sp³-hybridized carbons (Fsp3) is 0.294. The van der Waals surface area contributed by atoms with Crippen LogP contribution < -0.4 is 9.47 Å². The van der Waals surface area contributed by atoms with Crippen molar-refractivity contribution in [2.24, 2.45) is 0 Å². The molecule has 0 spiro atoms. The van der Waals surface area contributed by atoms with Crippen LogP contribution in [0.5, 0.6) is 11.5 Å². The van der Waals surface area contributed by atoms with Crippen molar-refractivity contribution in [2.75, 3.05) is 13.7 Å². The predicted octanol–water partition coefficient (Wildman–Crippen LogP) is 4.25. The Labute approximate surface area is 133 Å². The molecule has 1 unspecified atom stereocenters. The van der Waals surface area contributed by atoms with Crippen LogP contribution in [-0.2, 0) is 0 Å². The molecule has 0 heterocycles. The van der Waals surface area contributed by atoms with E-state index in [0.717, 1.165) is 21.2 Å². The molecule has 1 atom stereocenters.